The first-order valence-electron chi connectivity index (χ1n) is 10.9. The molecule has 0 aliphatic carbocycles. The minimum absolute atomic E-state index is 0.0963. The zero-order valence-electron chi connectivity index (χ0n) is 17.7. The van der Waals surface area contributed by atoms with E-state index in [-0.39, 0.29) is 24.6 Å². The zero-order valence-corrected chi connectivity index (χ0v) is 17.7. The summed E-state index contributed by atoms with van der Waals surface area (Å²) in [4.78, 5) is 16.7. The molecule has 2 aliphatic rings. The zero-order chi connectivity index (χ0) is 22.4. The molecule has 0 unspecified atom stereocenters. The van der Waals surface area contributed by atoms with Crippen molar-refractivity contribution < 1.29 is 18.7 Å². The number of nitrogens with one attached hydrogen (secondary N) is 3. The highest BCUT2D eigenvalue weighted by Crippen LogP contribution is 2.39. The second-order valence-electron chi connectivity index (χ2n) is 8.38. The van der Waals surface area contributed by atoms with Crippen LogP contribution < -0.4 is 20.1 Å². The lowest BCUT2D eigenvalue weighted by molar-refractivity contribution is -0.123. The van der Waals surface area contributed by atoms with E-state index in [0.717, 1.165) is 39.0 Å². The molecule has 0 spiro atoms. The lowest BCUT2D eigenvalue weighted by Gasteiger charge is -2.31. The first kappa shape index (κ1) is 19.8. The second-order valence-corrected chi connectivity index (χ2v) is 8.38. The van der Waals surface area contributed by atoms with Crippen molar-refractivity contribution in [1.29, 1.82) is 0 Å². The number of rotatable bonds is 4. The number of aromatic nitrogens is 1. The number of para-hydroxylation sites is 1. The molecule has 3 aromatic carbocycles. The normalized spacial score (nSPS) is 18.8. The summed E-state index contributed by atoms with van der Waals surface area (Å²) in [6.07, 6.45) is 0.565. The summed E-state index contributed by atoms with van der Waals surface area (Å²) >= 11 is 0. The molecule has 0 saturated carbocycles. The molecule has 3 heterocycles. The average molecular weight is 443 g/mol. The van der Waals surface area contributed by atoms with Gasteiger partial charge in [0.2, 0.25) is 12.7 Å². The van der Waals surface area contributed by atoms with Crippen LogP contribution in [-0.2, 0) is 17.8 Å². The van der Waals surface area contributed by atoms with E-state index >= 15 is 0 Å². The van der Waals surface area contributed by atoms with Gasteiger partial charge >= 0.3 is 0 Å². The van der Waals surface area contributed by atoms with Crippen LogP contribution in [-0.4, -0.2) is 23.7 Å². The van der Waals surface area contributed by atoms with Crippen LogP contribution in [0, 0.1) is 5.82 Å². The molecule has 166 valence electrons. The third-order valence-corrected chi connectivity index (χ3v) is 6.34. The number of benzene rings is 3. The van der Waals surface area contributed by atoms with Crippen LogP contribution in [0.25, 0.3) is 10.9 Å². The predicted octanol–water partition coefficient (Wildman–Crippen LogP) is 3.96. The fraction of sp³-hybridized carbons (Fsp3) is 0.192. The summed E-state index contributed by atoms with van der Waals surface area (Å²) in [6.45, 7) is 0.551. The molecule has 1 amide bonds. The highest BCUT2D eigenvalue weighted by Gasteiger charge is 2.34. The SMILES string of the molecule is O=C(NCc1ccc(F)cc1)[C@@H]1Cc2c([nH]c3ccccc23)[C@@H](c2ccc3c(c2)OCO3)N1. The predicted molar refractivity (Wildman–Crippen MR) is 122 cm³/mol. The van der Waals surface area contributed by atoms with Crippen molar-refractivity contribution in [3.8, 4) is 11.5 Å². The van der Waals surface area contributed by atoms with Crippen LogP contribution in [0.15, 0.2) is 66.7 Å². The van der Waals surface area contributed by atoms with Gasteiger partial charge in [-0.05, 0) is 53.4 Å². The van der Waals surface area contributed by atoms with Gasteiger partial charge in [-0.2, -0.15) is 0 Å². The van der Waals surface area contributed by atoms with E-state index < -0.39 is 6.04 Å². The monoisotopic (exact) mass is 443 g/mol. The van der Waals surface area contributed by atoms with Gasteiger partial charge in [-0.25, -0.2) is 4.39 Å². The first-order valence-corrected chi connectivity index (χ1v) is 10.9. The maximum atomic E-state index is 13.2. The number of aromatic amines is 1. The minimum Gasteiger partial charge on any atom is -0.454 e. The third-order valence-electron chi connectivity index (χ3n) is 6.34. The van der Waals surface area contributed by atoms with E-state index in [0.29, 0.717) is 18.7 Å². The number of halogens is 1. The second kappa shape index (κ2) is 7.94. The van der Waals surface area contributed by atoms with E-state index in [1.807, 2.05) is 36.4 Å². The van der Waals surface area contributed by atoms with Gasteiger partial charge in [0.25, 0.3) is 0 Å². The Balaban J connectivity index is 1.32. The van der Waals surface area contributed by atoms with E-state index in [2.05, 4.69) is 21.7 Å². The average Bonchev–Trinajstić information content (AvgIpc) is 3.47. The minimum atomic E-state index is -0.424. The van der Waals surface area contributed by atoms with Crippen molar-refractivity contribution in [3.63, 3.8) is 0 Å². The van der Waals surface area contributed by atoms with E-state index in [4.69, 9.17) is 9.47 Å². The Morgan fingerprint density at radius 3 is 2.73 bits per heavy atom. The largest absolute Gasteiger partial charge is 0.454 e. The number of fused-ring (bicyclic) bond motifs is 4. The van der Waals surface area contributed by atoms with Crippen molar-refractivity contribution in [2.24, 2.45) is 0 Å². The Bertz CT molecular complexity index is 1350. The van der Waals surface area contributed by atoms with Crippen molar-refractivity contribution >= 4 is 16.8 Å². The topological polar surface area (TPSA) is 75.4 Å². The van der Waals surface area contributed by atoms with Crippen LogP contribution in [0.2, 0.25) is 0 Å². The van der Waals surface area contributed by atoms with Crippen molar-refractivity contribution in [2.75, 3.05) is 6.79 Å². The summed E-state index contributed by atoms with van der Waals surface area (Å²) in [5.74, 6) is 1.04. The number of carbonyl (C=O) groups excluding carboxylic acids is 1. The summed E-state index contributed by atoms with van der Waals surface area (Å²) in [6, 6.07) is 19.5. The summed E-state index contributed by atoms with van der Waals surface area (Å²) < 4.78 is 24.2. The molecular formula is C26H22FN3O3. The maximum Gasteiger partial charge on any atom is 0.237 e. The molecule has 4 aromatic rings. The number of carbonyl (C=O) groups is 1. The lowest BCUT2D eigenvalue weighted by atomic mass is 9.90. The van der Waals surface area contributed by atoms with Crippen LogP contribution in [0.5, 0.6) is 11.5 Å². The highest BCUT2D eigenvalue weighted by molar-refractivity contribution is 5.88. The molecule has 33 heavy (non-hydrogen) atoms. The molecule has 6 nitrogen and oxygen atoms in total. The maximum absolute atomic E-state index is 13.2. The van der Waals surface area contributed by atoms with Gasteiger partial charge in [0, 0.05) is 23.1 Å². The fourth-order valence-electron chi connectivity index (χ4n) is 4.67. The van der Waals surface area contributed by atoms with Gasteiger partial charge in [0.15, 0.2) is 11.5 Å². The molecule has 0 saturated heterocycles. The van der Waals surface area contributed by atoms with E-state index in [9.17, 15) is 9.18 Å². The molecule has 0 bridgehead atoms. The molecule has 1 aromatic heterocycles. The standard InChI is InChI=1S/C26H22FN3O3/c27-17-8-5-15(6-9-17)13-28-26(31)21-12-19-18-3-1-2-4-20(18)29-25(19)24(30-21)16-7-10-22-23(11-16)33-14-32-22/h1-11,21,24,29-30H,12-14H2,(H,28,31)/t21-,24+/m0/s1. The summed E-state index contributed by atoms with van der Waals surface area (Å²) in [7, 11) is 0. The van der Waals surface area contributed by atoms with Crippen LogP contribution in [0.1, 0.15) is 28.4 Å². The molecule has 0 radical (unpaired) electrons. The van der Waals surface area contributed by atoms with Gasteiger partial charge in [-0.15, -0.1) is 0 Å². The fourth-order valence-corrected chi connectivity index (χ4v) is 4.67. The molecule has 0 fully saturated rings. The Morgan fingerprint density at radius 2 is 1.85 bits per heavy atom. The summed E-state index contributed by atoms with van der Waals surface area (Å²) in [5.41, 5.74) is 5.07. The molecule has 6 rings (SSSR count). The van der Waals surface area contributed by atoms with Gasteiger partial charge in [-0.1, -0.05) is 36.4 Å². The van der Waals surface area contributed by atoms with Crippen LogP contribution in [0.3, 0.4) is 0 Å². The van der Waals surface area contributed by atoms with Crippen LogP contribution in [0.4, 0.5) is 4.39 Å². The van der Waals surface area contributed by atoms with E-state index in [1.54, 1.807) is 12.1 Å². The Kier molecular flexibility index (Phi) is 4.77. The van der Waals surface area contributed by atoms with Crippen molar-refractivity contribution in [2.45, 2.75) is 25.0 Å². The van der Waals surface area contributed by atoms with Gasteiger partial charge in [0.05, 0.1) is 12.1 Å². The molecule has 2 aliphatic heterocycles. The molecular weight excluding hydrogens is 421 g/mol. The van der Waals surface area contributed by atoms with Gasteiger partial charge in [-0.3, -0.25) is 10.1 Å². The third kappa shape index (κ3) is 3.60. The van der Waals surface area contributed by atoms with Gasteiger partial charge in [0.1, 0.15) is 5.82 Å². The smallest absolute Gasteiger partial charge is 0.237 e. The van der Waals surface area contributed by atoms with Crippen LogP contribution >= 0.6 is 0 Å². The quantitative estimate of drug-likeness (QED) is 0.446. The number of H-pyrrole nitrogens is 1. The van der Waals surface area contributed by atoms with Crippen molar-refractivity contribution in [1.82, 2.24) is 15.6 Å². The lowest BCUT2D eigenvalue weighted by Crippen LogP contribution is -2.49. The number of hydrogen-bond acceptors (Lipinski definition) is 4. The summed E-state index contributed by atoms with van der Waals surface area (Å²) in [5, 5.41) is 7.64. The molecule has 3 N–H and O–H groups in total. The van der Waals surface area contributed by atoms with E-state index in [1.165, 1.54) is 12.1 Å². The highest BCUT2D eigenvalue weighted by atomic mass is 19.1. The number of hydrogen-bond donors (Lipinski definition) is 3. The molecule has 7 heteroatoms. The Hall–Kier alpha value is -3.84. The first-order chi connectivity index (χ1) is 16.2. The Labute approximate surface area is 189 Å². The molecule has 2 atom stereocenters. The number of ether oxygens (including phenoxy) is 2. The van der Waals surface area contributed by atoms with Gasteiger partial charge < -0.3 is 19.8 Å². The van der Waals surface area contributed by atoms with Crippen molar-refractivity contribution in [3.05, 3.63) is 94.9 Å². The number of amides is 1. The Morgan fingerprint density at radius 1 is 1.03 bits per heavy atom.